The summed E-state index contributed by atoms with van der Waals surface area (Å²) >= 11 is 0. The summed E-state index contributed by atoms with van der Waals surface area (Å²) in [5.41, 5.74) is 1.54. The van der Waals surface area contributed by atoms with Crippen LogP contribution in [0.5, 0.6) is 5.75 Å². The van der Waals surface area contributed by atoms with E-state index in [0.29, 0.717) is 18.7 Å². The highest BCUT2D eigenvalue weighted by Crippen LogP contribution is 2.25. The van der Waals surface area contributed by atoms with E-state index in [2.05, 4.69) is 14.8 Å². The number of ether oxygens (including phenoxy) is 1. The van der Waals surface area contributed by atoms with E-state index in [0.717, 1.165) is 5.69 Å². The number of halogens is 2. The molecule has 0 aromatic heterocycles. The van der Waals surface area contributed by atoms with E-state index in [1.807, 2.05) is 4.90 Å². The molecule has 2 N–H and O–H groups in total. The molecule has 1 heterocycles. The average Bonchev–Trinajstić information content (AvgIpc) is 2.67. The monoisotopic (exact) mass is 411 g/mol. The predicted octanol–water partition coefficient (Wildman–Crippen LogP) is 1.70. The SMILES string of the molecule is O=C1CN(c2ccc(CNS(=O)(=O)c3ccccc3OC(F)F)cc2)CCN1. The van der Waals surface area contributed by atoms with Gasteiger partial charge in [0.25, 0.3) is 0 Å². The first kappa shape index (κ1) is 20.0. The van der Waals surface area contributed by atoms with Gasteiger partial charge in [-0.2, -0.15) is 8.78 Å². The standard InChI is InChI=1S/C18H19F2N3O4S/c19-18(20)27-15-3-1-2-4-16(15)28(25,26)22-11-13-5-7-14(8-6-13)23-10-9-21-17(24)12-23/h1-8,18,22H,9-12H2,(H,21,24). The molecule has 0 radical (unpaired) electrons. The van der Waals surface area contributed by atoms with E-state index in [-0.39, 0.29) is 23.9 Å². The van der Waals surface area contributed by atoms with Crippen LogP contribution in [0.25, 0.3) is 0 Å². The van der Waals surface area contributed by atoms with Gasteiger partial charge in [-0.1, -0.05) is 24.3 Å². The lowest BCUT2D eigenvalue weighted by atomic mass is 10.2. The maximum absolute atomic E-state index is 12.5. The Labute approximate surface area is 161 Å². The fourth-order valence-corrected chi connectivity index (χ4v) is 3.96. The molecule has 0 saturated carbocycles. The number of para-hydroxylation sites is 1. The molecule has 1 amide bonds. The molecule has 1 aliphatic heterocycles. The first-order chi connectivity index (χ1) is 13.3. The molecule has 28 heavy (non-hydrogen) atoms. The molecular weight excluding hydrogens is 392 g/mol. The zero-order valence-corrected chi connectivity index (χ0v) is 15.6. The molecule has 150 valence electrons. The van der Waals surface area contributed by atoms with Gasteiger partial charge >= 0.3 is 6.61 Å². The number of hydrogen-bond donors (Lipinski definition) is 2. The second kappa shape index (κ2) is 8.53. The van der Waals surface area contributed by atoms with Crippen LogP contribution in [-0.4, -0.2) is 40.6 Å². The third kappa shape index (κ3) is 4.96. The van der Waals surface area contributed by atoms with Crippen LogP contribution in [0.15, 0.2) is 53.4 Å². The number of piperazine rings is 1. The van der Waals surface area contributed by atoms with E-state index in [4.69, 9.17) is 0 Å². The number of carbonyl (C=O) groups is 1. The first-order valence-corrected chi connectivity index (χ1v) is 9.97. The number of anilines is 1. The summed E-state index contributed by atoms with van der Waals surface area (Å²) in [5, 5.41) is 2.75. The summed E-state index contributed by atoms with van der Waals surface area (Å²) in [6.45, 7) is -1.61. The van der Waals surface area contributed by atoms with Gasteiger partial charge in [0.15, 0.2) is 0 Å². The van der Waals surface area contributed by atoms with E-state index in [1.165, 1.54) is 24.3 Å². The quantitative estimate of drug-likeness (QED) is 0.724. The Morgan fingerprint density at radius 1 is 1.14 bits per heavy atom. The van der Waals surface area contributed by atoms with Crippen molar-refractivity contribution in [3.63, 3.8) is 0 Å². The number of nitrogens with zero attached hydrogens (tertiary/aromatic N) is 1. The fourth-order valence-electron chi connectivity index (χ4n) is 2.81. The summed E-state index contributed by atoms with van der Waals surface area (Å²) in [7, 11) is -4.04. The number of rotatable bonds is 7. The zero-order valence-electron chi connectivity index (χ0n) is 14.8. The van der Waals surface area contributed by atoms with Crippen LogP contribution in [-0.2, 0) is 21.4 Å². The summed E-state index contributed by atoms with van der Waals surface area (Å²) in [4.78, 5) is 13.0. The van der Waals surface area contributed by atoms with Crippen LogP contribution in [0.2, 0.25) is 0 Å². The normalized spacial score (nSPS) is 14.8. The molecule has 0 bridgehead atoms. The van der Waals surface area contributed by atoms with Gasteiger partial charge < -0.3 is 15.0 Å². The van der Waals surface area contributed by atoms with Gasteiger partial charge in [0.05, 0.1) is 6.54 Å². The van der Waals surface area contributed by atoms with Crippen molar-refractivity contribution in [3.8, 4) is 5.75 Å². The molecule has 1 aliphatic rings. The van der Waals surface area contributed by atoms with E-state index < -0.39 is 22.4 Å². The molecule has 0 spiro atoms. The van der Waals surface area contributed by atoms with Crippen molar-refractivity contribution in [1.82, 2.24) is 10.0 Å². The second-order valence-electron chi connectivity index (χ2n) is 6.09. The van der Waals surface area contributed by atoms with Crippen molar-refractivity contribution < 1.29 is 26.7 Å². The highest BCUT2D eigenvalue weighted by atomic mass is 32.2. The number of nitrogens with one attached hydrogen (secondary N) is 2. The Balaban J connectivity index is 1.67. The fraction of sp³-hybridized carbons (Fsp3) is 0.278. The smallest absolute Gasteiger partial charge is 0.387 e. The Kier molecular flexibility index (Phi) is 6.10. The highest BCUT2D eigenvalue weighted by molar-refractivity contribution is 7.89. The van der Waals surface area contributed by atoms with Gasteiger partial charge in [0.1, 0.15) is 10.6 Å². The Hall–Kier alpha value is -2.72. The van der Waals surface area contributed by atoms with Crippen molar-refractivity contribution in [2.75, 3.05) is 24.5 Å². The molecule has 1 fully saturated rings. The van der Waals surface area contributed by atoms with Gasteiger partial charge in [0.2, 0.25) is 15.9 Å². The van der Waals surface area contributed by atoms with Crippen LogP contribution < -0.4 is 19.7 Å². The van der Waals surface area contributed by atoms with Crippen molar-refractivity contribution in [2.24, 2.45) is 0 Å². The lowest BCUT2D eigenvalue weighted by Crippen LogP contribution is -2.47. The summed E-state index contributed by atoms with van der Waals surface area (Å²) in [6.07, 6.45) is 0. The average molecular weight is 411 g/mol. The van der Waals surface area contributed by atoms with Gasteiger partial charge in [-0.3, -0.25) is 4.79 Å². The topological polar surface area (TPSA) is 87.7 Å². The van der Waals surface area contributed by atoms with E-state index >= 15 is 0 Å². The molecule has 2 aromatic carbocycles. The Morgan fingerprint density at radius 2 is 1.86 bits per heavy atom. The number of amides is 1. The third-order valence-corrected chi connectivity index (χ3v) is 5.60. The predicted molar refractivity (Wildman–Crippen MR) is 98.8 cm³/mol. The Morgan fingerprint density at radius 3 is 2.54 bits per heavy atom. The molecule has 1 saturated heterocycles. The van der Waals surface area contributed by atoms with Crippen LogP contribution in [0.4, 0.5) is 14.5 Å². The van der Waals surface area contributed by atoms with Gasteiger partial charge in [-0.05, 0) is 29.8 Å². The zero-order chi connectivity index (χ0) is 20.1. The van der Waals surface area contributed by atoms with E-state index in [1.54, 1.807) is 24.3 Å². The number of alkyl halides is 2. The molecular formula is C18H19F2N3O4S. The van der Waals surface area contributed by atoms with Gasteiger partial charge in [-0.25, -0.2) is 13.1 Å². The minimum atomic E-state index is -4.04. The Bertz CT molecular complexity index is 936. The summed E-state index contributed by atoms with van der Waals surface area (Å²) in [5.74, 6) is -0.462. The maximum atomic E-state index is 12.5. The summed E-state index contributed by atoms with van der Waals surface area (Å²) < 4.78 is 56.6. The third-order valence-electron chi connectivity index (χ3n) is 4.16. The van der Waals surface area contributed by atoms with Crippen molar-refractivity contribution in [2.45, 2.75) is 18.1 Å². The van der Waals surface area contributed by atoms with Gasteiger partial charge in [0, 0.05) is 25.3 Å². The van der Waals surface area contributed by atoms with Crippen molar-refractivity contribution in [3.05, 3.63) is 54.1 Å². The largest absolute Gasteiger partial charge is 0.433 e. The highest BCUT2D eigenvalue weighted by Gasteiger charge is 2.21. The summed E-state index contributed by atoms with van der Waals surface area (Å²) in [6, 6.07) is 12.3. The minimum absolute atomic E-state index is 0.0217. The van der Waals surface area contributed by atoms with Crippen molar-refractivity contribution >= 4 is 21.6 Å². The maximum Gasteiger partial charge on any atom is 0.387 e. The second-order valence-corrected chi connectivity index (χ2v) is 7.82. The molecule has 0 unspecified atom stereocenters. The molecule has 0 aliphatic carbocycles. The van der Waals surface area contributed by atoms with Crippen LogP contribution in [0, 0.1) is 0 Å². The van der Waals surface area contributed by atoms with Crippen LogP contribution in [0.1, 0.15) is 5.56 Å². The number of hydrogen-bond acceptors (Lipinski definition) is 5. The molecule has 0 atom stereocenters. The van der Waals surface area contributed by atoms with Crippen molar-refractivity contribution in [1.29, 1.82) is 0 Å². The van der Waals surface area contributed by atoms with Crippen LogP contribution >= 0.6 is 0 Å². The lowest BCUT2D eigenvalue weighted by molar-refractivity contribution is -0.120. The molecule has 10 heteroatoms. The number of benzene rings is 2. The lowest BCUT2D eigenvalue weighted by Gasteiger charge is -2.28. The van der Waals surface area contributed by atoms with Gasteiger partial charge in [-0.15, -0.1) is 0 Å². The van der Waals surface area contributed by atoms with Crippen LogP contribution in [0.3, 0.4) is 0 Å². The number of sulfonamides is 1. The first-order valence-electron chi connectivity index (χ1n) is 8.49. The number of carbonyl (C=O) groups excluding carboxylic acids is 1. The molecule has 2 aromatic rings. The van der Waals surface area contributed by atoms with E-state index in [9.17, 15) is 22.0 Å². The molecule has 7 nitrogen and oxygen atoms in total. The molecule has 3 rings (SSSR count). The minimum Gasteiger partial charge on any atom is -0.433 e.